The van der Waals surface area contributed by atoms with Crippen LogP contribution < -0.4 is 5.32 Å². The van der Waals surface area contributed by atoms with Gasteiger partial charge in [0.25, 0.3) is 0 Å². The Morgan fingerprint density at radius 2 is 2.06 bits per heavy atom. The van der Waals surface area contributed by atoms with Crippen molar-refractivity contribution in [3.8, 4) is 0 Å². The maximum atomic E-state index is 13.6. The van der Waals surface area contributed by atoms with Crippen LogP contribution in [-0.4, -0.2) is 6.54 Å². The van der Waals surface area contributed by atoms with E-state index in [2.05, 4.69) is 26.1 Å². The van der Waals surface area contributed by atoms with E-state index in [0.29, 0.717) is 12.5 Å². The average molecular weight is 237 g/mol. The Balaban J connectivity index is 2.56. The summed E-state index contributed by atoms with van der Waals surface area (Å²) in [5.74, 6) is 0.503. The molecule has 0 amide bonds. The highest BCUT2D eigenvalue weighted by Gasteiger charge is 2.04. The molecule has 0 bridgehead atoms. The van der Waals surface area contributed by atoms with Crippen molar-refractivity contribution in [2.24, 2.45) is 5.92 Å². The summed E-state index contributed by atoms with van der Waals surface area (Å²) >= 11 is 0. The van der Waals surface area contributed by atoms with Gasteiger partial charge in [-0.05, 0) is 36.9 Å². The fourth-order valence-electron chi connectivity index (χ4n) is 1.80. The molecule has 0 heterocycles. The lowest BCUT2D eigenvalue weighted by Crippen LogP contribution is -2.19. The molecule has 0 aliphatic heterocycles. The van der Waals surface area contributed by atoms with Crippen molar-refractivity contribution < 1.29 is 4.39 Å². The summed E-state index contributed by atoms with van der Waals surface area (Å²) in [6.45, 7) is 8.04. The van der Waals surface area contributed by atoms with Gasteiger partial charge in [0.05, 0.1) is 0 Å². The van der Waals surface area contributed by atoms with Gasteiger partial charge in [-0.2, -0.15) is 0 Å². The van der Waals surface area contributed by atoms with Gasteiger partial charge in [-0.15, -0.1) is 0 Å². The standard InChI is InChI=1S/C15H24FN/c1-4-5-6-13-7-8-15(16)14(9-13)11-17-10-12(2)3/h7-9,12,17H,4-6,10-11H2,1-3H3. The topological polar surface area (TPSA) is 12.0 Å². The number of halogens is 1. The molecule has 1 aromatic rings. The summed E-state index contributed by atoms with van der Waals surface area (Å²) in [7, 11) is 0. The number of benzene rings is 1. The first-order valence-electron chi connectivity index (χ1n) is 6.61. The van der Waals surface area contributed by atoms with Gasteiger partial charge in [0, 0.05) is 12.1 Å². The van der Waals surface area contributed by atoms with E-state index in [1.807, 2.05) is 12.1 Å². The number of hydrogen-bond acceptors (Lipinski definition) is 1. The van der Waals surface area contributed by atoms with E-state index in [1.54, 1.807) is 6.07 Å². The molecule has 1 aromatic carbocycles. The third-order valence-corrected chi connectivity index (χ3v) is 2.80. The van der Waals surface area contributed by atoms with Gasteiger partial charge < -0.3 is 5.32 Å². The van der Waals surface area contributed by atoms with Crippen LogP contribution >= 0.6 is 0 Å². The van der Waals surface area contributed by atoms with Gasteiger partial charge in [0.2, 0.25) is 0 Å². The predicted octanol–water partition coefficient (Wildman–Crippen LogP) is 3.91. The minimum Gasteiger partial charge on any atom is -0.312 e. The molecule has 2 heteroatoms. The smallest absolute Gasteiger partial charge is 0.127 e. The van der Waals surface area contributed by atoms with Crippen molar-refractivity contribution in [1.82, 2.24) is 5.32 Å². The lowest BCUT2D eigenvalue weighted by Gasteiger charge is -2.10. The normalized spacial score (nSPS) is 11.1. The van der Waals surface area contributed by atoms with Crippen molar-refractivity contribution >= 4 is 0 Å². The van der Waals surface area contributed by atoms with E-state index < -0.39 is 0 Å². The van der Waals surface area contributed by atoms with Crippen LogP contribution in [0.5, 0.6) is 0 Å². The Labute approximate surface area is 104 Å². The van der Waals surface area contributed by atoms with Crippen LogP contribution in [0.1, 0.15) is 44.7 Å². The van der Waals surface area contributed by atoms with Crippen molar-refractivity contribution in [3.05, 3.63) is 35.1 Å². The molecular formula is C15H24FN. The summed E-state index contributed by atoms with van der Waals surface area (Å²) in [5.41, 5.74) is 2.04. The Hall–Kier alpha value is -0.890. The zero-order valence-electron chi connectivity index (χ0n) is 11.2. The van der Waals surface area contributed by atoms with Crippen LogP contribution in [0.15, 0.2) is 18.2 Å². The number of unbranched alkanes of at least 4 members (excludes halogenated alkanes) is 1. The Morgan fingerprint density at radius 3 is 2.71 bits per heavy atom. The van der Waals surface area contributed by atoms with E-state index in [0.717, 1.165) is 18.5 Å². The highest BCUT2D eigenvalue weighted by molar-refractivity contribution is 5.25. The monoisotopic (exact) mass is 237 g/mol. The van der Waals surface area contributed by atoms with E-state index in [9.17, 15) is 4.39 Å². The fourth-order valence-corrected chi connectivity index (χ4v) is 1.80. The molecule has 1 N–H and O–H groups in total. The summed E-state index contributed by atoms with van der Waals surface area (Å²) in [6.07, 6.45) is 3.40. The molecule has 0 aliphatic rings. The molecule has 0 spiro atoms. The Bertz CT molecular complexity index is 334. The largest absolute Gasteiger partial charge is 0.312 e. The molecule has 0 saturated carbocycles. The number of nitrogens with one attached hydrogen (secondary N) is 1. The third-order valence-electron chi connectivity index (χ3n) is 2.80. The summed E-state index contributed by atoms with van der Waals surface area (Å²) in [4.78, 5) is 0. The lowest BCUT2D eigenvalue weighted by atomic mass is 10.0. The van der Waals surface area contributed by atoms with Crippen LogP contribution in [0.4, 0.5) is 4.39 Å². The van der Waals surface area contributed by atoms with Gasteiger partial charge >= 0.3 is 0 Å². The summed E-state index contributed by atoms with van der Waals surface area (Å²) in [5, 5.41) is 3.29. The van der Waals surface area contributed by atoms with Crippen LogP contribution in [0.3, 0.4) is 0 Å². The van der Waals surface area contributed by atoms with E-state index >= 15 is 0 Å². The number of rotatable bonds is 7. The van der Waals surface area contributed by atoms with Crippen LogP contribution in [0.2, 0.25) is 0 Å². The average Bonchev–Trinajstić information content (AvgIpc) is 2.29. The Kier molecular flexibility index (Phi) is 6.20. The highest BCUT2D eigenvalue weighted by atomic mass is 19.1. The molecular weight excluding hydrogens is 213 g/mol. The molecule has 0 aromatic heterocycles. The predicted molar refractivity (Wildman–Crippen MR) is 71.6 cm³/mol. The molecule has 17 heavy (non-hydrogen) atoms. The van der Waals surface area contributed by atoms with Gasteiger partial charge in [0.15, 0.2) is 0 Å². The SMILES string of the molecule is CCCCc1ccc(F)c(CNCC(C)C)c1. The van der Waals surface area contributed by atoms with E-state index in [1.165, 1.54) is 18.4 Å². The third kappa shape index (κ3) is 5.31. The van der Waals surface area contributed by atoms with Crippen LogP contribution in [-0.2, 0) is 13.0 Å². The van der Waals surface area contributed by atoms with Gasteiger partial charge in [-0.3, -0.25) is 0 Å². The van der Waals surface area contributed by atoms with Gasteiger partial charge in [0.1, 0.15) is 5.82 Å². The van der Waals surface area contributed by atoms with E-state index in [4.69, 9.17) is 0 Å². The summed E-state index contributed by atoms with van der Waals surface area (Å²) < 4.78 is 13.6. The first kappa shape index (κ1) is 14.2. The first-order chi connectivity index (χ1) is 8.13. The van der Waals surface area contributed by atoms with Crippen LogP contribution in [0.25, 0.3) is 0 Å². The highest BCUT2D eigenvalue weighted by Crippen LogP contribution is 2.13. The molecule has 0 aliphatic carbocycles. The molecule has 0 fully saturated rings. The second-order valence-corrected chi connectivity index (χ2v) is 5.05. The van der Waals surface area contributed by atoms with Crippen molar-refractivity contribution in [2.75, 3.05) is 6.54 Å². The Morgan fingerprint density at radius 1 is 1.29 bits per heavy atom. The maximum Gasteiger partial charge on any atom is 0.127 e. The quantitative estimate of drug-likeness (QED) is 0.758. The van der Waals surface area contributed by atoms with Gasteiger partial charge in [-0.1, -0.05) is 39.3 Å². The van der Waals surface area contributed by atoms with Crippen LogP contribution in [0, 0.1) is 11.7 Å². The van der Waals surface area contributed by atoms with Crippen molar-refractivity contribution in [3.63, 3.8) is 0 Å². The minimum atomic E-state index is -0.0958. The second kappa shape index (κ2) is 7.44. The zero-order valence-corrected chi connectivity index (χ0v) is 11.2. The van der Waals surface area contributed by atoms with Gasteiger partial charge in [-0.25, -0.2) is 4.39 Å². The summed E-state index contributed by atoms with van der Waals surface area (Å²) in [6, 6.07) is 5.49. The first-order valence-corrected chi connectivity index (χ1v) is 6.61. The fraction of sp³-hybridized carbons (Fsp3) is 0.600. The maximum absolute atomic E-state index is 13.6. The molecule has 1 nitrogen and oxygen atoms in total. The molecule has 0 saturated heterocycles. The van der Waals surface area contributed by atoms with Crippen molar-refractivity contribution in [1.29, 1.82) is 0 Å². The molecule has 1 rings (SSSR count). The van der Waals surface area contributed by atoms with E-state index in [-0.39, 0.29) is 5.82 Å². The molecule has 0 atom stereocenters. The number of aryl methyl sites for hydroxylation is 1. The second-order valence-electron chi connectivity index (χ2n) is 5.05. The molecule has 0 unspecified atom stereocenters. The molecule has 96 valence electrons. The minimum absolute atomic E-state index is 0.0958. The molecule has 0 radical (unpaired) electrons. The zero-order chi connectivity index (χ0) is 12.7. The number of hydrogen-bond donors (Lipinski definition) is 1. The van der Waals surface area contributed by atoms with Crippen molar-refractivity contribution in [2.45, 2.75) is 46.6 Å². The lowest BCUT2D eigenvalue weighted by molar-refractivity contribution is 0.534.